The minimum absolute atomic E-state index is 0.00309. The molecular formula is C19H27N3O5. The third-order valence-electron chi connectivity index (χ3n) is 4.47. The molecule has 0 saturated carbocycles. The van der Waals surface area contributed by atoms with Gasteiger partial charge in [-0.1, -0.05) is 18.2 Å². The second-order valence-electron chi connectivity index (χ2n) is 6.35. The van der Waals surface area contributed by atoms with Gasteiger partial charge in [0, 0.05) is 32.2 Å². The van der Waals surface area contributed by atoms with Crippen LogP contribution in [0.1, 0.15) is 18.9 Å². The zero-order valence-corrected chi connectivity index (χ0v) is 16.1. The van der Waals surface area contributed by atoms with Crippen LogP contribution in [0, 0.1) is 0 Å². The molecule has 8 nitrogen and oxygen atoms in total. The number of likely N-dealkylation sites (N-methyl/N-ethyl adjacent to an activating group) is 1. The van der Waals surface area contributed by atoms with E-state index in [4.69, 9.17) is 9.47 Å². The second-order valence-corrected chi connectivity index (χ2v) is 6.35. The monoisotopic (exact) mass is 377 g/mol. The van der Waals surface area contributed by atoms with Crippen molar-refractivity contribution >= 4 is 17.8 Å². The Hall–Kier alpha value is -2.61. The topological polar surface area (TPSA) is 88.2 Å². The minimum atomic E-state index is -0.596. The smallest absolute Gasteiger partial charge is 0.325 e. The van der Waals surface area contributed by atoms with Crippen molar-refractivity contribution in [3.63, 3.8) is 0 Å². The summed E-state index contributed by atoms with van der Waals surface area (Å²) in [7, 11) is 3.14. The molecule has 1 unspecified atom stereocenters. The summed E-state index contributed by atoms with van der Waals surface area (Å²) < 4.78 is 10.2. The van der Waals surface area contributed by atoms with Crippen LogP contribution in [0.15, 0.2) is 24.3 Å². The first-order chi connectivity index (χ1) is 13.0. The molecule has 0 aromatic heterocycles. The summed E-state index contributed by atoms with van der Waals surface area (Å²) in [5.41, 5.74) is 0.951. The maximum absolute atomic E-state index is 12.5. The van der Waals surface area contributed by atoms with Crippen LogP contribution in [0.3, 0.4) is 0 Å². The first-order valence-electron chi connectivity index (χ1n) is 8.99. The molecule has 0 radical (unpaired) electrons. The van der Waals surface area contributed by atoms with E-state index >= 15 is 0 Å². The fourth-order valence-electron chi connectivity index (χ4n) is 3.04. The van der Waals surface area contributed by atoms with Crippen molar-refractivity contribution in [2.75, 3.05) is 40.4 Å². The fraction of sp³-hybridized carbons (Fsp3) is 0.526. The molecule has 1 N–H and O–H groups in total. The quantitative estimate of drug-likeness (QED) is 0.660. The van der Waals surface area contributed by atoms with Gasteiger partial charge in [0.15, 0.2) is 0 Å². The van der Waals surface area contributed by atoms with E-state index in [1.807, 2.05) is 29.2 Å². The van der Waals surface area contributed by atoms with Gasteiger partial charge < -0.3 is 19.7 Å². The number of rotatable bonds is 8. The molecule has 1 atom stereocenters. The average molecular weight is 377 g/mol. The normalized spacial score (nSPS) is 17.1. The second kappa shape index (κ2) is 9.91. The standard InChI is InChI=1S/C19H27N3O5/c1-4-27-18(24)13-21(2)17(23)11-15-19(25)20-9-10-22(15)12-14-7-5-6-8-16(14)26-3/h5-8,15H,4,9-13H2,1-3H3,(H,20,25). The van der Waals surface area contributed by atoms with Crippen LogP contribution in [0.25, 0.3) is 0 Å². The Morgan fingerprint density at radius 3 is 2.78 bits per heavy atom. The molecule has 8 heteroatoms. The van der Waals surface area contributed by atoms with Gasteiger partial charge in [0.1, 0.15) is 12.3 Å². The van der Waals surface area contributed by atoms with Crippen molar-refractivity contribution in [2.24, 2.45) is 0 Å². The Morgan fingerprint density at radius 2 is 2.07 bits per heavy atom. The van der Waals surface area contributed by atoms with Crippen LogP contribution in [-0.4, -0.2) is 74.0 Å². The Bertz CT molecular complexity index is 679. The van der Waals surface area contributed by atoms with Gasteiger partial charge in [0.25, 0.3) is 0 Å². The molecule has 1 aliphatic rings. The summed E-state index contributed by atoms with van der Waals surface area (Å²) in [6.07, 6.45) is -0.00309. The van der Waals surface area contributed by atoms with E-state index in [2.05, 4.69) is 5.32 Å². The Kier molecular flexibility index (Phi) is 7.60. The zero-order valence-electron chi connectivity index (χ0n) is 16.1. The summed E-state index contributed by atoms with van der Waals surface area (Å²) in [5.74, 6) is -0.190. The number of nitrogens with one attached hydrogen (secondary N) is 1. The highest BCUT2D eigenvalue weighted by Crippen LogP contribution is 2.22. The molecule has 1 saturated heterocycles. The van der Waals surface area contributed by atoms with Gasteiger partial charge in [-0.25, -0.2) is 0 Å². The van der Waals surface area contributed by atoms with Gasteiger partial charge in [-0.2, -0.15) is 0 Å². The molecule has 0 spiro atoms. The lowest BCUT2D eigenvalue weighted by Crippen LogP contribution is -2.56. The largest absolute Gasteiger partial charge is 0.496 e. The van der Waals surface area contributed by atoms with Crippen LogP contribution >= 0.6 is 0 Å². The van der Waals surface area contributed by atoms with Crippen LogP contribution in [0.2, 0.25) is 0 Å². The molecule has 1 aromatic carbocycles. The molecular weight excluding hydrogens is 350 g/mol. The SMILES string of the molecule is CCOC(=O)CN(C)C(=O)CC1C(=O)NCCN1Cc1ccccc1OC. The van der Waals surface area contributed by atoms with Crippen molar-refractivity contribution in [1.29, 1.82) is 0 Å². The van der Waals surface area contributed by atoms with E-state index in [0.717, 1.165) is 11.3 Å². The molecule has 1 aliphatic heterocycles. The van der Waals surface area contributed by atoms with E-state index in [0.29, 0.717) is 19.6 Å². The first kappa shape index (κ1) is 20.7. The number of carbonyl (C=O) groups is 3. The van der Waals surface area contributed by atoms with E-state index in [1.54, 1.807) is 14.0 Å². The van der Waals surface area contributed by atoms with Crippen LogP contribution in [-0.2, 0) is 25.7 Å². The van der Waals surface area contributed by atoms with Crippen LogP contribution < -0.4 is 10.1 Å². The summed E-state index contributed by atoms with van der Waals surface area (Å²) in [6, 6.07) is 7.01. The van der Waals surface area contributed by atoms with E-state index in [9.17, 15) is 14.4 Å². The minimum Gasteiger partial charge on any atom is -0.496 e. The Balaban J connectivity index is 2.06. The molecule has 0 bridgehead atoms. The number of para-hydroxylation sites is 1. The number of amides is 2. The highest BCUT2D eigenvalue weighted by molar-refractivity contribution is 5.90. The highest BCUT2D eigenvalue weighted by Gasteiger charge is 2.33. The first-order valence-corrected chi connectivity index (χ1v) is 8.99. The zero-order chi connectivity index (χ0) is 19.8. The van der Waals surface area contributed by atoms with Gasteiger partial charge >= 0.3 is 5.97 Å². The number of hydrogen-bond acceptors (Lipinski definition) is 6. The molecule has 1 heterocycles. The lowest BCUT2D eigenvalue weighted by atomic mass is 10.1. The summed E-state index contributed by atoms with van der Waals surface area (Å²) in [4.78, 5) is 39.7. The van der Waals surface area contributed by atoms with E-state index in [-0.39, 0.29) is 31.4 Å². The van der Waals surface area contributed by atoms with Crippen LogP contribution in [0.4, 0.5) is 0 Å². The molecule has 148 valence electrons. The molecule has 1 fully saturated rings. The summed E-state index contributed by atoms with van der Waals surface area (Å²) in [6.45, 7) is 3.49. The number of carbonyl (C=O) groups excluding carboxylic acids is 3. The lowest BCUT2D eigenvalue weighted by Gasteiger charge is -2.35. The number of nitrogens with zero attached hydrogens (tertiary/aromatic N) is 2. The molecule has 2 rings (SSSR count). The van der Waals surface area contributed by atoms with Crippen molar-refractivity contribution in [3.8, 4) is 5.75 Å². The average Bonchev–Trinajstić information content (AvgIpc) is 2.65. The Labute approximate surface area is 159 Å². The number of benzene rings is 1. The Morgan fingerprint density at radius 1 is 1.33 bits per heavy atom. The lowest BCUT2D eigenvalue weighted by molar-refractivity contribution is -0.149. The van der Waals surface area contributed by atoms with Gasteiger partial charge in [0.2, 0.25) is 11.8 Å². The van der Waals surface area contributed by atoms with Gasteiger partial charge in [-0.3, -0.25) is 19.3 Å². The van der Waals surface area contributed by atoms with Crippen molar-refractivity contribution in [2.45, 2.75) is 25.9 Å². The third kappa shape index (κ3) is 5.68. The predicted octanol–water partition coefficient (Wildman–Crippen LogP) is 0.407. The van der Waals surface area contributed by atoms with Gasteiger partial charge in [-0.15, -0.1) is 0 Å². The number of hydrogen-bond donors (Lipinski definition) is 1. The number of piperazine rings is 1. The summed E-state index contributed by atoms with van der Waals surface area (Å²) >= 11 is 0. The maximum atomic E-state index is 12.5. The van der Waals surface area contributed by atoms with Crippen molar-refractivity contribution in [1.82, 2.24) is 15.1 Å². The van der Waals surface area contributed by atoms with Crippen molar-refractivity contribution in [3.05, 3.63) is 29.8 Å². The van der Waals surface area contributed by atoms with Crippen LogP contribution in [0.5, 0.6) is 5.75 Å². The molecule has 2 amide bonds. The van der Waals surface area contributed by atoms with E-state index in [1.165, 1.54) is 11.9 Å². The van der Waals surface area contributed by atoms with Gasteiger partial charge in [0.05, 0.1) is 26.2 Å². The molecule has 27 heavy (non-hydrogen) atoms. The highest BCUT2D eigenvalue weighted by atomic mass is 16.5. The number of esters is 1. The maximum Gasteiger partial charge on any atom is 0.325 e. The van der Waals surface area contributed by atoms with Crippen molar-refractivity contribution < 1.29 is 23.9 Å². The predicted molar refractivity (Wildman–Crippen MR) is 99.1 cm³/mol. The van der Waals surface area contributed by atoms with E-state index < -0.39 is 12.0 Å². The third-order valence-corrected chi connectivity index (χ3v) is 4.47. The molecule has 1 aromatic rings. The number of methoxy groups -OCH3 is 1. The molecule has 0 aliphatic carbocycles. The number of ether oxygens (including phenoxy) is 2. The van der Waals surface area contributed by atoms with Gasteiger partial charge in [-0.05, 0) is 13.0 Å². The summed E-state index contributed by atoms with van der Waals surface area (Å²) in [5, 5.41) is 2.81. The fourth-order valence-corrected chi connectivity index (χ4v) is 3.04.